The number of unbranched alkanes of at least 4 members (excludes halogenated alkanes) is 1. The summed E-state index contributed by atoms with van der Waals surface area (Å²) in [5.74, 6) is 1.09. The van der Waals surface area contributed by atoms with Crippen molar-refractivity contribution in [3.05, 3.63) is 29.8 Å². The van der Waals surface area contributed by atoms with Gasteiger partial charge in [-0.1, -0.05) is 38.5 Å². The van der Waals surface area contributed by atoms with Crippen LogP contribution in [0.5, 0.6) is 0 Å². The summed E-state index contributed by atoms with van der Waals surface area (Å²) in [6.07, 6.45) is 3.52. The van der Waals surface area contributed by atoms with Gasteiger partial charge in [0.2, 0.25) is 0 Å². The SMILES string of the molecule is CC(C)CC1(CCCCCl)C(=O)N(Cl)c2ccccc21. The van der Waals surface area contributed by atoms with E-state index in [1.807, 2.05) is 24.3 Å². The number of anilines is 1. The average molecular weight is 314 g/mol. The molecule has 0 aliphatic carbocycles. The van der Waals surface area contributed by atoms with E-state index >= 15 is 0 Å². The van der Waals surface area contributed by atoms with Gasteiger partial charge in [-0.25, -0.2) is 4.42 Å². The van der Waals surface area contributed by atoms with Gasteiger partial charge < -0.3 is 0 Å². The Hall–Kier alpha value is -0.730. The third-order valence-corrected chi connectivity index (χ3v) is 4.57. The van der Waals surface area contributed by atoms with Gasteiger partial charge in [0.15, 0.2) is 0 Å². The van der Waals surface area contributed by atoms with Crippen LogP contribution in [0.3, 0.4) is 0 Å². The van der Waals surface area contributed by atoms with Crippen LogP contribution in [0.15, 0.2) is 24.3 Å². The summed E-state index contributed by atoms with van der Waals surface area (Å²) >= 11 is 12.0. The summed E-state index contributed by atoms with van der Waals surface area (Å²) in [7, 11) is 0. The lowest BCUT2D eigenvalue weighted by Crippen LogP contribution is -2.38. The minimum absolute atomic E-state index is 0.0173. The lowest BCUT2D eigenvalue weighted by molar-refractivity contribution is -0.123. The molecule has 1 aromatic carbocycles. The number of amides is 1. The molecule has 1 unspecified atom stereocenters. The summed E-state index contributed by atoms with van der Waals surface area (Å²) in [6, 6.07) is 7.87. The molecule has 0 N–H and O–H groups in total. The highest BCUT2D eigenvalue weighted by molar-refractivity contribution is 6.40. The summed E-state index contributed by atoms with van der Waals surface area (Å²) in [4.78, 5) is 12.8. The molecule has 0 saturated carbocycles. The molecule has 1 heterocycles. The predicted octanol–water partition coefficient (Wildman–Crippen LogP) is 4.88. The van der Waals surface area contributed by atoms with E-state index in [0.717, 1.165) is 36.9 Å². The van der Waals surface area contributed by atoms with E-state index < -0.39 is 5.41 Å². The number of hydrogen-bond donors (Lipinski definition) is 0. The van der Waals surface area contributed by atoms with Crippen molar-refractivity contribution in [2.24, 2.45) is 5.92 Å². The smallest absolute Gasteiger partial charge is 0.252 e. The number of nitrogens with zero attached hydrogens (tertiary/aromatic N) is 1. The lowest BCUT2D eigenvalue weighted by Gasteiger charge is -2.29. The van der Waals surface area contributed by atoms with Crippen LogP contribution in [0, 0.1) is 5.92 Å². The van der Waals surface area contributed by atoms with Crippen LogP contribution in [0.25, 0.3) is 0 Å². The highest BCUT2D eigenvalue weighted by Gasteiger charge is 2.50. The minimum Gasteiger partial charge on any atom is -0.272 e. The lowest BCUT2D eigenvalue weighted by atomic mass is 9.72. The van der Waals surface area contributed by atoms with E-state index in [1.54, 1.807) is 0 Å². The van der Waals surface area contributed by atoms with Crippen molar-refractivity contribution in [1.82, 2.24) is 0 Å². The Labute approximate surface area is 131 Å². The van der Waals surface area contributed by atoms with Gasteiger partial charge in [0, 0.05) is 17.7 Å². The third kappa shape index (κ3) is 2.68. The number of alkyl halides is 1. The Bertz CT molecular complexity index is 489. The molecule has 0 aromatic heterocycles. The molecule has 1 atom stereocenters. The van der Waals surface area contributed by atoms with E-state index in [0.29, 0.717) is 11.8 Å². The van der Waals surface area contributed by atoms with Crippen LogP contribution in [0.1, 0.15) is 45.1 Å². The Morgan fingerprint density at radius 3 is 2.60 bits per heavy atom. The zero-order valence-corrected chi connectivity index (χ0v) is 13.5. The fraction of sp³-hybridized carbons (Fsp3) is 0.562. The number of hydrogen-bond acceptors (Lipinski definition) is 1. The summed E-state index contributed by atoms with van der Waals surface area (Å²) < 4.78 is 1.30. The quantitative estimate of drug-likeness (QED) is 0.416. The first kappa shape index (κ1) is 15.7. The Balaban J connectivity index is 2.41. The second kappa shape index (κ2) is 6.36. The first-order valence-electron chi connectivity index (χ1n) is 7.19. The largest absolute Gasteiger partial charge is 0.272 e. The first-order valence-corrected chi connectivity index (χ1v) is 8.06. The van der Waals surface area contributed by atoms with Crippen LogP contribution in [-0.4, -0.2) is 11.8 Å². The summed E-state index contributed by atoms with van der Waals surface area (Å²) in [6.45, 7) is 4.30. The molecule has 1 aliphatic heterocycles. The zero-order valence-electron chi connectivity index (χ0n) is 12.0. The molecular weight excluding hydrogens is 293 g/mol. The molecule has 2 nitrogen and oxygen atoms in total. The van der Waals surface area contributed by atoms with Crippen molar-refractivity contribution < 1.29 is 4.79 Å². The molecule has 0 fully saturated rings. The predicted molar refractivity (Wildman–Crippen MR) is 85.5 cm³/mol. The van der Waals surface area contributed by atoms with Crippen LogP contribution in [-0.2, 0) is 10.2 Å². The van der Waals surface area contributed by atoms with Crippen LogP contribution in [0.2, 0.25) is 0 Å². The highest BCUT2D eigenvalue weighted by atomic mass is 35.5. The van der Waals surface area contributed by atoms with E-state index in [9.17, 15) is 4.79 Å². The van der Waals surface area contributed by atoms with Gasteiger partial charge in [-0.05, 0) is 36.8 Å². The van der Waals surface area contributed by atoms with Crippen molar-refractivity contribution in [1.29, 1.82) is 0 Å². The van der Waals surface area contributed by atoms with Crippen LogP contribution >= 0.6 is 23.4 Å². The van der Waals surface area contributed by atoms with Gasteiger partial charge in [-0.2, -0.15) is 0 Å². The highest BCUT2D eigenvalue weighted by Crippen LogP contribution is 2.49. The van der Waals surface area contributed by atoms with Gasteiger partial charge in [0.1, 0.15) is 0 Å². The number of fused-ring (bicyclic) bond motifs is 1. The molecule has 1 aromatic rings. The van der Waals surface area contributed by atoms with Gasteiger partial charge in [-0.15, -0.1) is 11.6 Å². The number of halogens is 2. The number of carbonyl (C=O) groups is 1. The van der Waals surface area contributed by atoms with E-state index in [1.165, 1.54) is 4.42 Å². The van der Waals surface area contributed by atoms with Crippen molar-refractivity contribution in [2.75, 3.05) is 10.3 Å². The third-order valence-electron chi connectivity index (χ3n) is 3.96. The van der Waals surface area contributed by atoms with Crippen molar-refractivity contribution in [2.45, 2.75) is 44.9 Å². The standard InChI is InChI=1S/C16H21Cl2NO/c1-12(2)11-16(9-5-6-10-17)13-7-3-4-8-14(13)19(18)15(16)20/h3-4,7-8,12H,5-6,9-11H2,1-2H3. The molecule has 1 aliphatic rings. The van der Waals surface area contributed by atoms with E-state index in [-0.39, 0.29) is 5.91 Å². The Kier molecular flexibility index (Phi) is 4.98. The van der Waals surface area contributed by atoms with Crippen LogP contribution in [0.4, 0.5) is 5.69 Å². The van der Waals surface area contributed by atoms with Crippen molar-refractivity contribution in [3.8, 4) is 0 Å². The van der Waals surface area contributed by atoms with Gasteiger partial charge in [0.05, 0.1) is 11.1 Å². The Morgan fingerprint density at radius 2 is 1.95 bits per heavy atom. The molecule has 20 heavy (non-hydrogen) atoms. The number of carbonyl (C=O) groups excluding carboxylic acids is 1. The molecular formula is C16H21Cl2NO. The molecule has 0 saturated heterocycles. The van der Waals surface area contributed by atoms with Gasteiger partial charge >= 0.3 is 0 Å². The normalized spacial score (nSPS) is 21.6. The molecule has 110 valence electrons. The van der Waals surface area contributed by atoms with Gasteiger partial charge in [-0.3, -0.25) is 4.79 Å². The average Bonchev–Trinajstić information content (AvgIpc) is 2.62. The topological polar surface area (TPSA) is 20.3 Å². The fourth-order valence-electron chi connectivity index (χ4n) is 3.22. The van der Waals surface area contributed by atoms with Crippen molar-refractivity contribution >= 4 is 35.0 Å². The Morgan fingerprint density at radius 1 is 1.25 bits per heavy atom. The molecule has 0 bridgehead atoms. The van der Waals surface area contributed by atoms with E-state index in [2.05, 4.69) is 13.8 Å². The molecule has 0 radical (unpaired) electrons. The second-order valence-electron chi connectivity index (χ2n) is 5.93. The maximum atomic E-state index is 12.8. The van der Waals surface area contributed by atoms with E-state index in [4.69, 9.17) is 23.4 Å². The van der Waals surface area contributed by atoms with Crippen LogP contribution < -0.4 is 4.42 Å². The first-order chi connectivity index (χ1) is 9.53. The molecule has 4 heteroatoms. The monoisotopic (exact) mass is 313 g/mol. The fourth-order valence-corrected chi connectivity index (χ4v) is 3.72. The zero-order chi connectivity index (χ0) is 14.8. The van der Waals surface area contributed by atoms with Crippen molar-refractivity contribution in [3.63, 3.8) is 0 Å². The van der Waals surface area contributed by atoms with Gasteiger partial charge in [0.25, 0.3) is 5.91 Å². The summed E-state index contributed by atoms with van der Waals surface area (Å²) in [5, 5.41) is 0. The maximum Gasteiger partial charge on any atom is 0.252 e. The number of para-hydroxylation sites is 1. The molecule has 0 spiro atoms. The number of rotatable bonds is 6. The molecule has 2 rings (SSSR count). The summed E-state index contributed by atoms with van der Waals surface area (Å²) in [5.41, 5.74) is 1.44. The maximum absolute atomic E-state index is 12.8. The number of benzene rings is 1. The molecule has 1 amide bonds. The second-order valence-corrected chi connectivity index (χ2v) is 6.65. The minimum atomic E-state index is -0.474.